The van der Waals surface area contributed by atoms with E-state index in [0.717, 1.165) is 41.6 Å². The summed E-state index contributed by atoms with van der Waals surface area (Å²) in [6, 6.07) is 52.0. The molecule has 0 spiro atoms. The lowest BCUT2D eigenvalue weighted by atomic mass is 9.35. The number of aryl methyl sites for hydroxylation is 1. The molecule has 73 heavy (non-hydrogen) atoms. The Morgan fingerprint density at radius 1 is 0.466 bits per heavy atom. The van der Waals surface area contributed by atoms with Crippen LogP contribution in [0.3, 0.4) is 0 Å². The third-order valence-electron chi connectivity index (χ3n) is 18.1. The van der Waals surface area contributed by atoms with Crippen molar-refractivity contribution in [2.75, 3.05) is 9.80 Å². The first-order valence-corrected chi connectivity index (χ1v) is 27.3. The summed E-state index contributed by atoms with van der Waals surface area (Å²) < 4.78 is 7.66. The minimum atomic E-state index is -0.165. The fourth-order valence-electron chi connectivity index (χ4n) is 13.4. The molecule has 0 fully saturated rings. The van der Waals surface area contributed by atoms with Gasteiger partial charge in [0.1, 0.15) is 5.58 Å². The van der Waals surface area contributed by atoms with Crippen LogP contribution in [0, 0.1) is 6.92 Å². The summed E-state index contributed by atoms with van der Waals surface area (Å²) in [5.41, 5.74) is 26.3. The molecule has 12 rings (SSSR count). The van der Waals surface area contributed by atoms with E-state index in [9.17, 15) is 0 Å². The van der Waals surface area contributed by atoms with Crippen molar-refractivity contribution in [1.82, 2.24) is 0 Å². The van der Waals surface area contributed by atoms with Gasteiger partial charge in [-0.15, -0.1) is 0 Å². The highest BCUT2D eigenvalue weighted by Crippen LogP contribution is 2.56. The van der Waals surface area contributed by atoms with E-state index in [-0.39, 0.29) is 39.2 Å². The van der Waals surface area contributed by atoms with Crippen LogP contribution in [0.2, 0.25) is 0 Å². The lowest BCUT2D eigenvalue weighted by molar-refractivity contribution is 0.332. The zero-order chi connectivity index (χ0) is 51.5. The van der Waals surface area contributed by atoms with E-state index in [0.29, 0.717) is 0 Å². The highest BCUT2D eigenvalue weighted by Gasteiger charge is 2.50. The van der Waals surface area contributed by atoms with Crippen LogP contribution in [-0.2, 0) is 32.5 Å². The summed E-state index contributed by atoms with van der Waals surface area (Å²) in [5.74, 6) is 0. The molecule has 0 saturated carbocycles. The average molecular weight is 959 g/mol. The van der Waals surface area contributed by atoms with Crippen LogP contribution in [0.5, 0.6) is 0 Å². The molecule has 0 bridgehead atoms. The van der Waals surface area contributed by atoms with Crippen LogP contribution in [0.15, 0.2) is 138 Å². The van der Waals surface area contributed by atoms with Gasteiger partial charge in [-0.3, -0.25) is 0 Å². The summed E-state index contributed by atoms with van der Waals surface area (Å²) in [6.07, 6.45) is 4.64. The topological polar surface area (TPSA) is 19.6 Å². The molecule has 370 valence electrons. The van der Waals surface area contributed by atoms with Crippen molar-refractivity contribution in [2.24, 2.45) is 0 Å². The van der Waals surface area contributed by atoms with Crippen molar-refractivity contribution in [3.8, 4) is 22.3 Å². The number of furan rings is 1. The van der Waals surface area contributed by atoms with E-state index in [2.05, 4.69) is 247 Å². The first kappa shape index (κ1) is 47.7. The highest BCUT2D eigenvalue weighted by atomic mass is 16.3. The largest absolute Gasteiger partial charge is 0.468 e. The molecule has 4 heteroatoms. The molecule has 2 aliphatic heterocycles. The molecule has 3 heterocycles. The summed E-state index contributed by atoms with van der Waals surface area (Å²) in [5, 5.41) is 1.15. The maximum absolute atomic E-state index is 7.66. The Labute approximate surface area is 437 Å². The molecular formula is C69H75BN2O. The number of hydrogen-bond acceptors (Lipinski definition) is 3. The van der Waals surface area contributed by atoms with Crippen LogP contribution in [0.4, 0.5) is 34.1 Å². The second kappa shape index (κ2) is 15.9. The number of rotatable bonds is 4. The summed E-state index contributed by atoms with van der Waals surface area (Å²) >= 11 is 0. The van der Waals surface area contributed by atoms with Crippen LogP contribution in [-0.4, -0.2) is 6.71 Å². The van der Waals surface area contributed by atoms with E-state index >= 15 is 0 Å². The van der Waals surface area contributed by atoms with Gasteiger partial charge in [0.25, 0.3) is 6.71 Å². The molecule has 3 nitrogen and oxygen atoms in total. The molecular weight excluding hydrogens is 884 g/mol. The van der Waals surface area contributed by atoms with Gasteiger partial charge >= 0.3 is 0 Å². The fraction of sp³-hybridized carbons (Fsp3) is 0.362. The van der Waals surface area contributed by atoms with E-state index in [4.69, 9.17) is 4.42 Å². The van der Waals surface area contributed by atoms with Gasteiger partial charge in [-0.1, -0.05) is 176 Å². The number of benzene rings is 7. The molecule has 0 N–H and O–H groups in total. The zero-order valence-corrected chi connectivity index (χ0v) is 46.4. The molecule has 1 aromatic heterocycles. The van der Waals surface area contributed by atoms with Crippen molar-refractivity contribution < 1.29 is 4.42 Å². The van der Waals surface area contributed by atoms with Gasteiger partial charge in [-0.25, -0.2) is 0 Å². The molecule has 8 aromatic rings. The van der Waals surface area contributed by atoms with Crippen LogP contribution in [0.1, 0.15) is 162 Å². The maximum atomic E-state index is 7.66. The molecule has 0 amide bonds. The van der Waals surface area contributed by atoms with Gasteiger partial charge in [-0.05, 0) is 181 Å². The average Bonchev–Trinajstić information content (AvgIpc) is 3.72. The molecule has 0 saturated heterocycles. The first-order chi connectivity index (χ1) is 34.3. The minimum absolute atomic E-state index is 0.00547. The quantitative estimate of drug-likeness (QED) is 0.164. The monoisotopic (exact) mass is 959 g/mol. The molecule has 4 aliphatic rings. The van der Waals surface area contributed by atoms with Crippen molar-refractivity contribution in [3.63, 3.8) is 0 Å². The lowest BCUT2D eigenvalue weighted by Crippen LogP contribution is -2.61. The summed E-state index contributed by atoms with van der Waals surface area (Å²) in [4.78, 5) is 5.34. The summed E-state index contributed by atoms with van der Waals surface area (Å²) in [7, 11) is 0. The van der Waals surface area contributed by atoms with Crippen molar-refractivity contribution >= 4 is 68.4 Å². The Hall–Kier alpha value is -6.26. The Morgan fingerprint density at radius 3 is 1.52 bits per heavy atom. The Bertz CT molecular complexity index is 3490. The molecule has 0 unspecified atom stereocenters. The van der Waals surface area contributed by atoms with Gasteiger partial charge in [0, 0.05) is 39.3 Å². The Balaban J connectivity index is 1.26. The van der Waals surface area contributed by atoms with Crippen molar-refractivity contribution in [2.45, 2.75) is 162 Å². The smallest absolute Gasteiger partial charge is 0.297 e. The number of anilines is 6. The van der Waals surface area contributed by atoms with Crippen molar-refractivity contribution in [3.05, 3.63) is 172 Å². The number of fused-ring (bicyclic) bond motifs is 8. The van der Waals surface area contributed by atoms with Crippen molar-refractivity contribution in [1.29, 1.82) is 0 Å². The lowest BCUT2D eigenvalue weighted by Gasteiger charge is -2.47. The first-order valence-electron chi connectivity index (χ1n) is 27.3. The molecule has 0 atom stereocenters. The second-order valence-electron chi connectivity index (χ2n) is 27.2. The van der Waals surface area contributed by atoms with Crippen LogP contribution in [0.25, 0.3) is 33.2 Å². The van der Waals surface area contributed by atoms with Gasteiger partial charge in [0.2, 0.25) is 0 Å². The predicted octanol–water partition coefficient (Wildman–Crippen LogP) is 17.5. The summed E-state index contributed by atoms with van der Waals surface area (Å²) in [6.45, 7) is 35.9. The molecule has 0 radical (unpaired) electrons. The minimum Gasteiger partial charge on any atom is -0.468 e. The van der Waals surface area contributed by atoms with Gasteiger partial charge in [0.05, 0.1) is 17.0 Å². The predicted molar refractivity (Wildman–Crippen MR) is 314 cm³/mol. The SMILES string of the molecule is Cc1cc2c3c(c1)N(c1c(-c4ccccc4)cc(C(C)(C)C)cc1-c1ccccc1)c1c(oc4ccc(C(C)(C)C)cc14)B3c1cc3c(cc1N2c1ccc2c(c1)C(C)(C)CCC2(C)C)C(C)(C)CCC3(C)C. The van der Waals surface area contributed by atoms with Gasteiger partial charge in [0.15, 0.2) is 0 Å². The third-order valence-corrected chi connectivity index (χ3v) is 18.1. The number of nitrogens with zero attached hydrogens (tertiary/aromatic N) is 2. The van der Waals surface area contributed by atoms with E-state index < -0.39 is 0 Å². The van der Waals surface area contributed by atoms with Gasteiger partial charge < -0.3 is 14.2 Å². The van der Waals surface area contributed by atoms with E-state index in [1.54, 1.807) is 0 Å². The molecule has 2 aliphatic carbocycles. The normalized spacial score (nSPS) is 17.9. The van der Waals surface area contributed by atoms with Gasteiger partial charge in [-0.2, -0.15) is 0 Å². The third kappa shape index (κ3) is 7.42. The fourth-order valence-corrected chi connectivity index (χ4v) is 13.4. The van der Waals surface area contributed by atoms with Crippen LogP contribution < -0.4 is 26.4 Å². The second-order valence-corrected chi connectivity index (χ2v) is 27.2. The zero-order valence-electron chi connectivity index (χ0n) is 46.4. The van der Waals surface area contributed by atoms with E-state index in [1.165, 1.54) is 107 Å². The Kier molecular flexibility index (Phi) is 10.4. The molecule has 7 aromatic carbocycles. The highest BCUT2D eigenvalue weighted by molar-refractivity contribution is 7.00. The number of hydrogen-bond donors (Lipinski definition) is 0. The standard InChI is InChI=1S/C69H75BN2O/c1-42-34-57-60-58(35-42)72(61-48(43-22-18-16-19-23-43)37-46(65(5,6)7)38-49(61)44-24-20-17-21-25-44)62-50-36-45(64(2,3)4)26-29-59(50)73-63(62)70(60)55-40-53-54(69(14,15)33-32-68(53,12)13)41-56(55)71(57)47-27-28-51-52(39-47)67(10,11)31-30-66(51,8)9/h16-29,34-41H,30-33H2,1-15H3. The maximum Gasteiger partial charge on any atom is 0.297 e. The van der Waals surface area contributed by atoms with E-state index in [1.807, 2.05) is 0 Å². The van der Waals surface area contributed by atoms with Crippen LogP contribution >= 0.6 is 0 Å². The Morgan fingerprint density at radius 2 is 0.973 bits per heavy atom.